The molecule has 13 rings (SSSR count). The van der Waals surface area contributed by atoms with Crippen molar-refractivity contribution in [3.63, 3.8) is 0 Å². The fourth-order valence-electron chi connectivity index (χ4n) is 10.9. The normalized spacial score (nSPS) is 13.1. The Morgan fingerprint density at radius 1 is 0.344 bits per heavy atom. The molecule has 0 aliphatic heterocycles. The van der Waals surface area contributed by atoms with E-state index in [9.17, 15) is 0 Å². The molecule has 13 aromatic rings. The van der Waals surface area contributed by atoms with Gasteiger partial charge in [-0.15, -0.1) is 0 Å². The van der Waals surface area contributed by atoms with E-state index in [-0.39, 0.29) is 10.8 Å². The van der Waals surface area contributed by atoms with Gasteiger partial charge in [-0.3, -0.25) is 0 Å². The molecule has 0 aliphatic rings. The van der Waals surface area contributed by atoms with Crippen LogP contribution in [0.4, 0.5) is 17.1 Å². The van der Waals surface area contributed by atoms with Gasteiger partial charge in [0.2, 0.25) is 0 Å². The van der Waals surface area contributed by atoms with Crippen LogP contribution in [0.25, 0.3) is 97.7 Å². The molecule has 292 valence electrons. The highest BCUT2D eigenvalue weighted by atomic mass is 15.2. The zero-order chi connectivity index (χ0) is 41.1. The molecule has 0 bridgehead atoms. The van der Waals surface area contributed by atoms with Gasteiger partial charge in [0.25, 0.3) is 0 Å². The molecule has 9 aromatic carbocycles. The molecule has 3 nitrogen and oxygen atoms in total. The largest absolute Gasteiger partial charge is 0.308 e. The highest BCUT2D eigenvalue weighted by Gasteiger charge is 2.30. The number of hydrogen-bond acceptors (Lipinski definition) is 1. The Labute approximate surface area is 354 Å². The van der Waals surface area contributed by atoms with Crippen LogP contribution in [0.1, 0.15) is 52.7 Å². The lowest BCUT2D eigenvalue weighted by molar-refractivity contribution is 0.591. The van der Waals surface area contributed by atoms with Gasteiger partial charge in [-0.1, -0.05) is 133 Å². The summed E-state index contributed by atoms with van der Waals surface area (Å²) >= 11 is 0. The third-order valence-corrected chi connectivity index (χ3v) is 13.8. The minimum atomic E-state index is -0.0741. The number of benzene rings is 9. The molecule has 0 spiro atoms. The quantitative estimate of drug-likeness (QED) is 0.174. The van der Waals surface area contributed by atoms with Crippen LogP contribution in [-0.2, 0) is 10.8 Å². The lowest BCUT2D eigenvalue weighted by Gasteiger charge is -2.27. The molecule has 4 heterocycles. The molecule has 61 heavy (non-hydrogen) atoms. The second-order valence-corrected chi connectivity index (χ2v) is 19.4. The first-order chi connectivity index (χ1) is 29.6. The molecule has 0 fully saturated rings. The van der Waals surface area contributed by atoms with Gasteiger partial charge in [0.1, 0.15) is 0 Å². The number of aromatic nitrogens is 2. The highest BCUT2D eigenvalue weighted by Crippen LogP contribution is 2.53. The summed E-state index contributed by atoms with van der Waals surface area (Å²) in [6, 6.07) is 61.6. The molecule has 4 aromatic heterocycles. The average Bonchev–Trinajstić information content (AvgIpc) is 4.00. The topological polar surface area (TPSA) is 12.1 Å². The Bertz CT molecular complexity index is 3890. The standard InChI is InChI=1S/C58H45N3/c1-57(2,3)36-30-42-50-40-23-15-13-17-34(40)25-26-46(50)60-47-27-28-48-53(52(47)44(32-36)54(42)60)45-33-37(58(4,5)6)31-43-51-41-24-16-14-18-35(41)29-49(56(51)61(48)55(43)45)59(38-19-9-7-10-20-38)39-21-11-8-12-22-39/h7-33H,1-6H3. The average molecular weight is 784 g/mol. The van der Waals surface area contributed by atoms with Gasteiger partial charge in [0.05, 0.1) is 38.8 Å². The first-order valence-corrected chi connectivity index (χ1v) is 21.7. The Hall–Kier alpha value is -7.10. The van der Waals surface area contributed by atoms with Crippen molar-refractivity contribution in [2.75, 3.05) is 4.90 Å². The minimum absolute atomic E-state index is 0.0421. The van der Waals surface area contributed by atoms with Crippen LogP contribution in [0.15, 0.2) is 164 Å². The van der Waals surface area contributed by atoms with Gasteiger partial charge in [0.15, 0.2) is 0 Å². The van der Waals surface area contributed by atoms with Crippen LogP contribution in [0, 0.1) is 0 Å². The summed E-state index contributed by atoms with van der Waals surface area (Å²) in [4.78, 5) is 2.46. The maximum atomic E-state index is 2.63. The molecule has 0 saturated heterocycles. The summed E-state index contributed by atoms with van der Waals surface area (Å²) in [5, 5.41) is 15.7. The van der Waals surface area contributed by atoms with Crippen LogP contribution >= 0.6 is 0 Å². The van der Waals surface area contributed by atoms with Gasteiger partial charge in [-0.25, -0.2) is 0 Å². The first-order valence-electron chi connectivity index (χ1n) is 21.7. The maximum absolute atomic E-state index is 2.63. The van der Waals surface area contributed by atoms with Crippen LogP contribution < -0.4 is 4.90 Å². The van der Waals surface area contributed by atoms with Crippen molar-refractivity contribution in [3.8, 4) is 0 Å². The summed E-state index contributed by atoms with van der Waals surface area (Å²) < 4.78 is 5.21. The van der Waals surface area contributed by atoms with E-state index in [1.807, 2.05) is 0 Å². The van der Waals surface area contributed by atoms with Crippen molar-refractivity contribution in [3.05, 3.63) is 175 Å². The molecule has 0 unspecified atom stereocenters. The molecule has 0 radical (unpaired) electrons. The number of anilines is 3. The Morgan fingerprint density at radius 2 is 0.770 bits per heavy atom. The fraction of sp³-hybridized carbons (Fsp3) is 0.138. The van der Waals surface area contributed by atoms with Crippen LogP contribution in [-0.4, -0.2) is 8.80 Å². The Morgan fingerprint density at radius 3 is 1.34 bits per heavy atom. The van der Waals surface area contributed by atoms with Gasteiger partial charge in [0, 0.05) is 54.5 Å². The molecular formula is C58H45N3. The van der Waals surface area contributed by atoms with Crippen molar-refractivity contribution in [1.29, 1.82) is 0 Å². The van der Waals surface area contributed by atoms with E-state index in [2.05, 4.69) is 219 Å². The van der Waals surface area contributed by atoms with Gasteiger partial charge in [-0.2, -0.15) is 0 Å². The Balaban J connectivity index is 1.29. The summed E-state index contributed by atoms with van der Waals surface area (Å²) in [5.74, 6) is 0. The van der Waals surface area contributed by atoms with E-state index in [1.165, 1.54) is 115 Å². The van der Waals surface area contributed by atoms with E-state index in [0.717, 1.165) is 11.4 Å². The molecule has 0 aliphatic carbocycles. The predicted octanol–water partition coefficient (Wildman–Crippen LogP) is 16.4. The third-order valence-electron chi connectivity index (χ3n) is 13.8. The fourth-order valence-corrected chi connectivity index (χ4v) is 10.9. The number of fused-ring (bicyclic) bond motifs is 17. The van der Waals surface area contributed by atoms with Gasteiger partial charge >= 0.3 is 0 Å². The molecule has 0 saturated carbocycles. The second kappa shape index (κ2) is 11.8. The van der Waals surface area contributed by atoms with Gasteiger partial charge in [-0.05, 0) is 116 Å². The van der Waals surface area contributed by atoms with Crippen LogP contribution in [0.2, 0.25) is 0 Å². The van der Waals surface area contributed by atoms with E-state index < -0.39 is 0 Å². The summed E-state index contributed by atoms with van der Waals surface area (Å²) in [6.07, 6.45) is 0. The number of para-hydroxylation sites is 2. The summed E-state index contributed by atoms with van der Waals surface area (Å²) in [6.45, 7) is 14.2. The number of nitrogens with zero attached hydrogens (tertiary/aromatic N) is 3. The Kier molecular flexibility index (Phi) is 6.72. The van der Waals surface area contributed by atoms with Crippen molar-refractivity contribution in [2.45, 2.75) is 52.4 Å². The molecule has 0 N–H and O–H groups in total. The minimum Gasteiger partial charge on any atom is -0.308 e. The lowest BCUT2D eigenvalue weighted by atomic mass is 9.84. The zero-order valence-electron chi connectivity index (χ0n) is 35.4. The van der Waals surface area contributed by atoms with E-state index in [0.29, 0.717) is 0 Å². The van der Waals surface area contributed by atoms with Crippen molar-refractivity contribution >= 4 is 115 Å². The number of rotatable bonds is 3. The van der Waals surface area contributed by atoms with Crippen LogP contribution in [0.5, 0.6) is 0 Å². The zero-order valence-corrected chi connectivity index (χ0v) is 35.4. The third kappa shape index (κ3) is 4.58. The van der Waals surface area contributed by atoms with Crippen molar-refractivity contribution < 1.29 is 0 Å². The molecule has 0 amide bonds. The molecule has 0 atom stereocenters. The molecule has 3 heteroatoms. The SMILES string of the molecule is CC(C)(C)c1cc2c3c4ccccc4ccc3n3c4ccc5c(c6cc(C(C)(C)C)cc7c8c9ccccc9cc(N(c9ccccc9)c9ccccc9)c8n5c67)c4c(c1)c23. The second-order valence-electron chi connectivity index (χ2n) is 19.4. The monoisotopic (exact) mass is 783 g/mol. The van der Waals surface area contributed by atoms with E-state index >= 15 is 0 Å². The molecular weight excluding hydrogens is 739 g/mol. The highest BCUT2D eigenvalue weighted by molar-refractivity contribution is 6.38. The summed E-state index contributed by atoms with van der Waals surface area (Å²) in [7, 11) is 0. The maximum Gasteiger partial charge on any atom is 0.0789 e. The van der Waals surface area contributed by atoms with Gasteiger partial charge < -0.3 is 13.7 Å². The lowest BCUT2D eigenvalue weighted by Crippen LogP contribution is -2.11. The summed E-state index contributed by atoms with van der Waals surface area (Å²) in [5.41, 5.74) is 13.6. The van der Waals surface area contributed by atoms with E-state index in [1.54, 1.807) is 0 Å². The van der Waals surface area contributed by atoms with Crippen molar-refractivity contribution in [1.82, 2.24) is 8.80 Å². The smallest absolute Gasteiger partial charge is 0.0789 e. The number of hydrogen-bond donors (Lipinski definition) is 0. The van der Waals surface area contributed by atoms with Crippen LogP contribution in [0.3, 0.4) is 0 Å². The van der Waals surface area contributed by atoms with E-state index in [4.69, 9.17) is 0 Å². The predicted molar refractivity (Wildman–Crippen MR) is 263 cm³/mol. The van der Waals surface area contributed by atoms with Crippen molar-refractivity contribution in [2.24, 2.45) is 0 Å². The first kappa shape index (κ1) is 34.7.